The summed E-state index contributed by atoms with van der Waals surface area (Å²) in [7, 11) is 0. The highest BCUT2D eigenvalue weighted by molar-refractivity contribution is 4.80. The molecule has 0 unspecified atom stereocenters. The van der Waals surface area contributed by atoms with Gasteiger partial charge in [-0.25, -0.2) is 0 Å². The SMILES string of the molecule is CCOCC.OCC1(CO)CCCCC1. The van der Waals surface area contributed by atoms with E-state index in [2.05, 4.69) is 0 Å². The van der Waals surface area contributed by atoms with E-state index in [4.69, 9.17) is 14.9 Å². The molecule has 15 heavy (non-hydrogen) atoms. The number of rotatable bonds is 4. The van der Waals surface area contributed by atoms with Crippen molar-refractivity contribution >= 4 is 0 Å². The van der Waals surface area contributed by atoms with Crippen LogP contribution in [-0.4, -0.2) is 36.6 Å². The van der Waals surface area contributed by atoms with Gasteiger partial charge in [0.2, 0.25) is 0 Å². The zero-order valence-corrected chi connectivity index (χ0v) is 10.2. The maximum atomic E-state index is 8.98. The molecule has 0 radical (unpaired) electrons. The Kier molecular flexibility index (Phi) is 9.06. The van der Waals surface area contributed by atoms with Gasteiger partial charge in [-0.15, -0.1) is 0 Å². The predicted octanol–water partition coefficient (Wildman–Crippen LogP) is 1.96. The molecule has 0 aromatic rings. The molecule has 0 aromatic heterocycles. The lowest BCUT2D eigenvalue weighted by Crippen LogP contribution is -2.31. The maximum absolute atomic E-state index is 8.98. The summed E-state index contributed by atoms with van der Waals surface area (Å²) in [6.45, 7) is 5.98. The Morgan fingerprint density at radius 3 is 1.60 bits per heavy atom. The fourth-order valence-electron chi connectivity index (χ4n) is 1.87. The van der Waals surface area contributed by atoms with Gasteiger partial charge in [0.1, 0.15) is 0 Å². The number of aliphatic hydroxyl groups excluding tert-OH is 2. The van der Waals surface area contributed by atoms with Crippen LogP contribution in [0.15, 0.2) is 0 Å². The molecule has 1 rings (SSSR count). The lowest BCUT2D eigenvalue weighted by molar-refractivity contribution is 0.0234. The molecule has 0 aromatic carbocycles. The van der Waals surface area contributed by atoms with Gasteiger partial charge in [0.15, 0.2) is 0 Å². The molecule has 3 heteroatoms. The van der Waals surface area contributed by atoms with Crippen molar-refractivity contribution < 1.29 is 14.9 Å². The van der Waals surface area contributed by atoms with Gasteiger partial charge in [-0.3, -0.25) is 0 Å². The smallest absolute Gasteiger partial charge is 0.0509 e. The first-order valence-corrected chi connectivity index (χ1v) is 6.04. The molecule has 3 nitrogen and oxygen atoms in total. The average Bonchev–Trinajstić information content (AvgIpc) is 2.32. The molecule has 1 fully saturated rings. The minimum absolute atomic E-state index is 0.127. The lowest BCUT2D eigenvalue weighted by atomic mass is 9.75. The summed E-state index contributed by atoms with van der Waals surface area (Å²) in [5.41, 5.74) is -0.127. The van der Waals surface area contributed by atoms with Crippen molar-refractivity contribution in [2.45, 2.75) is 46.0 Å². The van der Waals surface area contributed by atoms with Crippen LogP contribution in [0.3, 0.4) is 0 Å². The average molecular weight is 218 g/mol. The van der Waals surface area contributed by atoms with Gasteiger partial charge < -0.3 is 14.9 Å². The molecule has 1 saturated carbocycles. The highest BCUT2D eigenvalue weighted by Gasteiger charge is 2.30. The van der Waals surface area contributed by atoms with Gasteiger partial charge in [0.05, 0.1) is 13.2 Å². The number of aliphatic hydroxyl groups is 2. The van der Waals surface area contributed by atoms with Crippen LogP contribution in [0.5, 0.6) is 0 Å². The van der Waals surface area contributed by atoms with Gasteiger partial charge in [-0.1, -0.05) is 19.3 Å². The van der Waals surface area contributed by atoms with Crippen LogP contribution in [0, 0.1) is 5.41 Å². The normalized spacial score (nSPS) is 19.2. The predicted molar refractivity (Wildman–Crippen MR) is 61.9 cm³/mol. The topological polar surface area (TPSA) is 49.7 Å². The van der Waals surface area contributed by atoms with Crippen molar-refractivity contribution in [2.75, 3.05) is 26.4 Å². The van der Waals surface area contributed by atoms with Gasteiger partial charge in [0, 0.05) is 18.6 Å². The van der Waals surface area contributed by atoms with Crippen LogP contribution in [0.25, 0.3) is 0 Å². The molecule has 0 atom stereocenters. The van der Waals surface area contributed by atoms with Crippen LogP contribution < -0.4 is 0 Å². The summed E-state index contributed by atoms with van der Waals surface area (Å²) in [5, 5.41) is 18.0. The van der Waals surface area contributed by atoms with E-state index < -0.39 is 0 Å². The molecular formula is C12H26O3. The molecule has 0 heterocycles. The Hall–Kier alpha value is -0.120. The molecule has 0 saturated heterocycles. The van der Waals surface area contributed by atoms with E-state index in [9.17, 15) is 0 Å². The summed E-state index contributed by atoms with van der Waals surface area (Å²) in [5.74, 6) is 0. The fourth-order valence-corrected chi connectivity index (χ4v) is 1.87. The van der Waals surface area contributed by atoms with Crippen LogP contribution >= 0.6 is 0 Å². The first-order valence-electron chi connectivity index (χ1n) is 6.04. The summed E-state index contributed by atoms with van der Waals surface area (Å²) in [4.78, 5) is 0. The monoisotopic (exact) mass is 218 g/mol. The second kappa shape index (κ2) is 9.13. The van der Waals surface area contributed by atoms with E-state index in [-0.39, 0.29) is 18.6 Å². The maximum Gasteiger partial charge on any atom is 0.0509 e. The van der Waals surface area contributed by atoms with E-state index in [1.165, 1.54) is 19.3 Å². The molecule has 92 valence electrons. The van der Waals surface area contributed by atoms with E-state index in [0.717, 1.165) is 26.1 Å². The third-order valence-corrected chi connectivity index (χ3v) is 2.99. The molecule has 0 bridgehead atoms. The first-order chi connectivity index (χ1) is 7.24. The Bertz CT molecular complexity index is 123. The molecule has 0 aliphatic heterocycles. The van der Waals surface area contributed by atoms with Crippen LogP contribution in [0.1, 0.15) is 46.0 Å². The second-order valence-electron chi connectivity index (χ2n) is 4.16. The number of hydrogen-bond donors (Lipinski definition) is 2. The Morgan fingerprint density at radius 1 is 0.933 bits per heavy atom. The van der Waals surface area contributed by atoms with E-state index in [1.807, 2.05) is 13.8 Å². The third kappa shape index (κ3) is 6.13. The Balaban J connectivity index is 0.000000336. The van der Waals surface area contributed by atoms with Crippen LogP contribution in [0.2, 0.25) is 0 Å². The second-order valence-corrected chi connectivity index (χ2v) is 4.16. The molecular weight excluding hydrogens is 192 g/mol. The van der Waals surface area contributed by atoms with Crippen molar-refractivity contribution in [3.8, 4) is 0 Å². The molecule has 2 N–H and O–H groups in total. The largest absolute Gasteiger partial charge is 0.396 e. The molecule has 1 aliphatic rings. The van der Waals surface area contributed by atoms with Gasteiger partial charge in [-0.05, 0) is 26.7 Å². The van der Waals surface area contributed by atoms with Crippen molar-refractivity contribution in [3.05, 3.63) is 0 Å². The summed E-state index contributed by atoms with van der Waals surface area (Å²) >= 11 is 0. The van der Waals surface area contributed by atoms with E-state index in [1.54, 1.807) is 0 Å². The number of ether oxygens (including phenoxy) is 1. The zero-order valence-electron chi connectivity index (χ0n) is 10.2. The highest BCUT2D eigenvalue weighted by atomic mass is 16.5. The molecule has 0 spiro atoms. The first kappa shape index (κ1) is 14.9. The van der Waals surface area contributed by atoms with Gasteiger partial charge in [0.25, 0.3) is 0 Å². The summed E-state index contributed by atoms with van der Waals surface area (Å²) in [6, 6.07) is 0. The third-order valence-electron chi connectivity index (χ3n) is 2.99. The minimum Gasteiger partial charge on any atom is -0.396 e. The fraction of sp³-hybridized carbons (Fsp3) is 1.00. The van der Waals surface area contributed by atoms with Crippen molar-refractivity contribution in [1.29, 1.82) is 0 Å². The van der Waals surface area contributed by atoms with Crippen molar-refractivity contribution in [1.82, 2.24) is 0 Å². The van der Waals surface area contributed by atoms with Crippen molar-refractivity contribution in [3.63, 3.8) is 0 Å². The molecule has 1 aliphatic carbocycles. The van der Waals surface area contributed by atoms with E-state index >= 15 is 0 Å². The van der Waals surface area contributed by atoms with E-state index in [0.29, 0.717) is 0 Å². The number of hydrogen-bond acceptors (Lipinski definition) is 3. The highest BCUT2D eigenvalue weighted by Crippen LogP contribution is 2.34. The standard InChI is InChI=1S/C8H16O2.C4H10O/c9-6-8(7-10)4-2-1-3-5-8;1-3-5-4-2/h9-10H,1-7H2;3-4H2,1-2H3. The lowest BCUT2D eigenvalue weighted by Gasteiger charge is -2.33. The van der Waals surface area contributed by atoms with Crippen LogP contribution in [0.4, 0.5) is 0 Å². The van der Waals surface area contributed by atoms with Crippen molar-refractivity contribution in [2.24, 2.45) is 5.41 Å². The Morgan fingerprint density at radius 2 is 1.40 bits per heavy atom. The minimum atomic E-state index is -0.127. The quantitative estimate of drug-likeness (QED) is 0.758. The van der Waals surface area contributed by atoms with Gasteiger partial charge in [-0.2, -0.15) is 0 Å². The van der Waals surface area contributed by atoms with Crippen LogP contribution in [-0.2, 0) is 4.74 Å². The zero-order chi connectivity index (χ0) is 11.6. The molecule has 0 amide bonds. The Labute approximate surface area is 93.5 Å². The summed E-state index contributed by atoms with van der Waals surface area (Å²) in [6.07, 6.45) is 5.60. The summed E-state index contributed by atoms with van der Waals surface area (Å²) < 4.78 is 4.83. The van der Waals surface area contributed by atoms with Gasteiger partial charge >= 0.3 is 0 Å².